The van der Waals surface area contributed by atoms with E-state index in [1.807, 2.05) is 7.05 Å². The fourth-order valence-corrected chi connectivity index (χ4v) is 2.01. The summed E-state index contributed by atoms with van der Waals surface area (Å²) in [6.07, 6.45) is 6.56. The van der Waals surface area contributed by atoms with E-state index in [4.69, 9.17) is 11.6 Å². The molecule has 3 heteroatoms. The number of hydrogen-bond donors (Lipinski definition) is 0. The van der Waals surface area contributed by atoms with Crippen molar-refractivity contribution in [3.63, 3.8) is 0 Å². The summed E-state index contributed by atoms with van der Waals surface area (Å²) in [4.78, 5) is 0. The Kier molecular flexibility index (Phi) is 5.37. The summed E-state index contributed by atoms with van der Waals surface area (Å²) in [5, 5.41) is 4.77. The first-order chi connectivity index (χ1) is 8.92. The van der Waals surface area contributed by atoms with Crippen LogP contribution < -0.4 is 0 Å². The van der Waals surface area contributed by atoms with Gasteiger partial charge in [-0.25, -0.2) is 0 Å². The van der Waals surface area contributed by atoms with Gasteiger partial charge in [0.15, 0.2) is 0 Å². The molecule has 102 valence electrons. The minimum Gasteiger partial charge on any atom is -0.256 e. The van der Waals surface area contributed by atoms with Crippen molar-refractivity contribution < 1.29 is 0 Å². The molecule has 0 aliphatic rings. The molecule has 0 aliphatic heterocycles. The minimum atomic E-state index is 0.612. The predicted octanol–water partition coefficient (Wildman–Crippen LogP) is 4.95. The number of aryl methyl sites for hydroxylation is 1. The second kappa shape index (κ2) is 6.58. The highest BCUT2D eigenvalue weighted by molar-refractivity contribution is 6.31. The first-order valence-corrected chi connectivity index (χ1v) is 6.67. The fraction of sp³-hybridized carbons (Fsp3) is 0.312. The highest BCUT2D eigenvalue weighted by Gasteiger charge is 2.10. The van der Waals surface area contributed by atoms with Gasteiger partial charge in [0.25, 0.3) is 0 Å². The van der Waals surface area contributed by atoms with Crippen molar-refractivity contribution in [1.82, 2.24) is 9.78 Å². The Balaban J connectivity index is 3.34. The molecule has 0 aromatic carbocycles. The third kappa shape index (κ3) is 3.48. The van der Waals surface area contributed by atoms with Crippen LogP contribution >= 0.6 is 11.6 Å². The molecule has 0 atom stereocenters. The maximum absolute atomic E-state index is 6.23. The van der Waals surface area contributed by atoms with Crippen LogP contribution in [-0.2, 0) is 7.05 Å². The summed E-state index contributed by atoms with van der Waals surface area (Å²) < 4.78 is 1.64. The third-order valence-electron chi connectivity index (χ3n) is 3.04. The van der Waals surface area contributed by atoms with Crippen LogP contribution in [0.2, 0.25) is 5.15 Å². The van der Waals surface area contributed by atoms with Crippen LogP contribution in [-0.4, -0.2) is 9.78 Å². The molecule has 0 spiro atoms. The van der Waals surface area contributed by atoms with E-state index < -0.39 is 0 Å². The summed E-state index contributed by atoms with van der Waals surface area (Å²) >= 11 is 6.23. The lowest BCUT2D eigenvalue weighted by atomic mass is 9.96. The van der Waals surface area contributed by atoms with E-state index >= 15 is 0 Å². The van der Waals surface area contributed by atoms with Gasteiger partial charge >= 0.3 is 0 Å². The van der Waals surface area contributed by atoms with E-state index in [-0.39, 0.29) is 0 Å². The zero-order valence-electron chi connectivity index (χ0n) is 12.1. The molecule has 1 aromatic heterocycles. The number of halogens is 1. The van der Waals surface area contributed by atoms with E-state index in [1.165, 1.54) is 5.57 Å². The van der Waals surface area contributed by atoms with E-state index in [0.717, 1.165) is 28.7 Å². The Bertz CT molecular complexity index is 555. The van der Waals surface area contributed by atoms with Crippen LogP contribution in [0.5, 0.6) is 0 Å². The number of aromatic nitrogens is 2. The molecule has 0 aliphatic carbocycles. The normalized spacial score (nSPS) is 11.3. The van der Waals surface area contributed by atoms with E-state index in [2.05, 4.69) is 45.1 Å². The summed E-state index contributed by atoms with van der Waals surface area (Å²) in [6, 6.07) is 0. The fourth-order valence-electron chi connectivity index (χ4n) is 1.81. The molecular weight excluding hydrogens is 256 g/mol. The molecule has 0 unspecified atom stereocenters. The molecule has 0 saturated carbocycles. The second-order valence-corrected chi connectivity index (χ2v) is 5.01. The Morgan fingerprint density at radius 2 is 2.11 bits per heavy atom. The lowest BCUT2D eigenvalue weighted by molar-refractivity contribution is 0.768. The average molecular weight is 277 g/mol. The Hall–Kier alpha value is -1.54. The topological polar surface area (TPSA) is 17.8 Å². The molecule has 0 radical (unpaired) electrons. The van der Waals surface area contributed by atoms with Gasteiger partial charge in [0.05, 0.1) is 6.20 Å². The molecule has 0 N–H and O–H groups in total. The van der Waals surface area contributed by atoms with Crippen molar-refractivity contribution in [3.05, 3.63) is 58.9 Å². The SMILES string of the molecule is C=C/C(=C\C(C(=C)CC)=C(C)C)c1cnn(C)c1Cl. The summed E-state index contributed by atoms with van der Waals surface area (Å²) in [5.74, 6) is 0. The third-order valence-corrected chi connectivity index (χ3v) is 3.49. The maximum Gasteiger partial charge on any atom is 0.134 e. The van der Waals surface area contributed by atoms with E-state index in [9.17, 15) is 0 Å². The number of allylic oxidation sites excluding steroid dienone is 6. The van der Waals surface area contributed by atoms with Crippen molar-refractivity contribution in [3.8, 4) is 0 Å². The molecule has 1 heterocycles. The lowest BCUT2D eigenvalue weighted by Crippen LogP contribution is -1.91. The Morgan fingerprint density at radius 3 is 2.47 bits per heavy atom. The van der Waals surface area contributed by atoms with Crippen molar-refractivity contribution in [2.75, 3.05) is 0 Å². The Morgan fingerprint density at radius 1 is 1.47 bits per heavy atom. The second-order valence-electron chi connectivity index (χ2n) is 4.65. The number of rotatable bonds is 5. The van der Waals surface area contributed by atoms with Crippen LogP contribution in [0.1, 0.15) is 32.8 Å². The van der Waals surface area contributed by atoms with Gasteiger partial charge in [-0.2, -0.15) is 5.10 Å². The Labute approximate surface area is 120 Å². The van der Waals surface area contributed by atoms with E-state index in [0.29, 0.717) is 5.15 Å². The molecule has 2 nitrogen and oxygen atoms in total. The molecule has 1 aromatic rings. The van der Waals surface area contributed by atoms with Gasteiger partial charge in [0.2, 0.25) is 0 Å². The summed E-state index contributed by atoms with van der Waals surface area (Å²) in [5.41, 5.74) is 5.34. The zero-order valence-corrected chi connectivity index (χ0v) is 12.9. The highest BCUT2D eigenvalue weighted by atomic mass is 35.5. The van der Waals surface area contributed by atoms with Crippen LogP contribution in [0.25, 0.3) is 5.57 Å². The van der Waals surface area contributed by atoms with Gasteiger partial charge in [-0.3, -0.25) is 4.68 Å². The smallest absolute Gasteiger partial charge is 0.134 e. The minimum absolute atomic E-state index is 0.612. The molecule has 0 saturated heterocycles. The first kappa shape index (κ1) is 15.5. The molecule has 1 rings (SSSR count). The average Bonchev–Trinajstić information content (AvgIpc) is 2.70. The first-order valence-electron chi connectivity index (χ1n) is 6.30. The monoisotopic (exact) mass is 276 g/mol. The maximum atomic E-state index is 6.23. The summed E-state index contributed by atoms with van der Waals surface area (Å²) in [6.45, 7) is 14.2. The van der Waals surface area contributed by atoms with Gasteiger partial charge in [-0.1, -0.05) is 43.3 Å². The van der Waals surface area contributed by atoms with Crippen LogP contribution in [0.4, 0.5) is 0 Å². The van der Waals surface area contributed by atoms with E-state index in [1.54, 1.807) is 17.0 Å². The van der Waals surface area contributed by atoms with Crippen molar-refractivity contribution in [2.24, 2.45) is 7.05 Å². The van der Waals surface area contributed by atoms with Crippen LogP contribution in [0.15, 0.2) is 48.2 Å². The molecule has 19 heavy (non-hydrogen) atoms. The molecule has 0 amide bonds. The van der Waals surface area contributed by atoms with Crippen molar-refractivity contribution >= 4 is 17.2 Å². The predicted molar refractivity (Wildman–Crippen MR) is 84.2 cm³/mol. The zero-order chi connectivity index (χ0) is 14.6. The number of nitrogens with zero attached hydrogens (tertiary/aromatic N) is 2. The van der Waals surface area contributed by atoms with Gasteiger partial charge in [-0.05, 0) is 43.1 Å². The standard InChI is InChI=1S/C16H21ClN2/c1-7-12(5)14(11(3)4)9-13(8-2)15-10-18-19(6)16(15)17/h8-10H,2,5,7H2,1,3-4,6H3/b13-9+. The molecule has 0 fully saturated rings. The van der Waals surface area contributed by atoms with Gasteiger partial charge < -0.3 is 0 Å². The van der Waals surface area contributed by atoms with Gasteiger partial charge in [-0.15, -0.1) is 0 Å². The van der Waals surface area contributed by atoms with Gasteiger partial charge in [0.1, 0.15) is 5.15 Å². The summed E-state index contributed by atoms with van der Waals surface area (Å²) in [7, 11) is 1.82. The van der Waals surface area contributed by atoms with Crippen LogP contribution in [0, 0.1) is 0 Å². The van der Waals surface area contributed by atoms with Gasteiger partial charge in [0, 0.05) is 12.6 Å². The molecule has 0 bridgehead atoms. The van der Waals surface area contributed by atoms with Crippen LogP contribution in [0.3, 0.4) is 0 Å². The quantitative estimate of drug-likeness (QED) is 0.696. The lowest BCUT2D eigenvalue weighted by Gasteiger charge is -2.09. The van der Waals surface area contributed by atoms with Crippen molar-refractivity contribution in [1.29, 1.82) is 0 Å². The molecular formula is C16H21ClN2. The number of hydrogen-bond acceptors (Lipinski definition) is 1. The highest BCUT2D eigenvalue weighted by Crippen LogP contribution is 2.28. The largest absolute Gasteiger partial charge is 0.256 e. The van der Waals surface area contributed by atoms with Crippen molar-refractivity contribution in [2.45, 2.75) is 27.2 Å².